The first-order valence-corrected chi connectivity index (χ1v) is 8.05. The summed E-state index contributed by atoms with van der Waals surface area (Å²) in [6.07, 6.45) is 6.52. The zero-order valence-corrected chi connectivity index (χ0v) is 13.8. The minimum atomic E-state index is 0.625. The van der Waals surface area contributed by atoms with E-state index in [4.69, 9.17) is 0 Å². The number of aliphatic imine (C=N–C) groups is 1. The minimum absolute atomic E-state index is 0.625. The maximum absolute atomic E-state index is 4.46. The molecule has 1 fully saturated rings. The van der Waals surface area contributed by atoms with Gasteiger partial charge in [0.15, 0.2) is 5.96 Å². The van der Waals surface area contributed by atoms with Crippen LogP contribution in [0.15, 0.2) is 17.4 Å². The first kappa shape index (κ1) is 15.9. The molecular formula is C16H29N5. The van der Waals surface area contributed by atoms with Crippen LogP contribution in [0.2, 0.25) is 0 Å². The topological polar surface area (TPSA) is 45.5 Å². The van der Waals surface area contributed by atoms with Crippen molar-refractivity contribution in [3.8, 4) is 0 Å². The smallest absolute Gasteiger partial charge is 0.194 e. The highest BCUT2D eigenvalue weighted by molar-refractivity contribution is 5.79. The zero-order valence-electron chi connectivity index (χ0n) is 13.8. The van der Waals surface area contributed by atoms with E-state index in [-0.39, 0.29) is 0 Å². The fraction of sp³-hybridized carbons (Fsp3) is 0.750. The number of rotatable bonds is 4. The van der Waals surface area contributed by atoms with Crippen LogP contribution in [0.1, 0.15) is 39.4 Å². The van der Waals surface area contributed by atoms with Gasteiger partial charge in [0, 0.05) is 39.1 Å². The van der Waals surface area contributed by atoms with E-state index in [1.54, 1.807) is 0 Å². The molecule has 1 N–H and O–H groups in total. The van der Waals surface area contributed by atoms with E-state index in [0.717, 1.165) is 43.9 Å². The van der Waals surface area contributed by atoms with Gasteiger partial charge in [-0.1, -0.05) is 20.8 Å². The molecule has 2 heterocycles. The molecule has 0 radical (unpaired) electrons. The van der Waals surface area contributed by atoms with Crippen LogP contribution in [0.4, 0.5) is 0 Å². The number of hydrogen-bond donors (Lipinski definition) is 1. The average Bonchev–Trinajstić information content (AvgIpc) is 2.86. The maximum atomic E-state index is 4.46. The number of imidazole rings is 1. The summed E-state index contributed by atoms with van der Waals surface area (Å²) in [6, 6.07) is 0. The number of piperidine rings is 1. The Labute approximate surface area is 128 Å². The highest BCUT2D eigenvalue weighted by Gasteiger charge is 2.19. The fourth-order valence-corrected chi connectivity index (χ4v) is 2.94. The molecule has 5 nitrogen and oxygen atoms in total. The molecule has 1 aliphatic rings. The normalized spacial score (nSPS) is 20.1. The van der Waals surface area contributed by atoms with Crippen molar-refractivity contribution in [1.82, 2.24) is 19.8 Å². The summed E-state index contributed by atoms with van der Waals surface area (Å²) in [4.78, 5) is 11.3. The SMILES string of the molecule is CN=C(NCc1nccn1CC(C)C)N1CCCC(C)C1. The Morgan fingerprint density at radius 1 is 1.52 bits per heavy atom. The Kier molecular flexibility index (Phi) is 5.65. The lowest BCUT2D eigenvalue weighted by Crippen LogP contribution is -2.46. The third-order valence-corrected chi connectivity index (χ3v) is 3.94. The average molecular weight is 291 g/mol. The van der Waals surface area contributed by atoms with Gasteiger partial charge in [-0.2, -0.15) is 0 Å². The fourth-order valence-electron chi connectivity index (χ4n) is 2.94. The molecule has 0 amide bonds. The van der Waals surface area contributed by atoms with Gasteiger partial charge in [-0.25, -0.2) is 4.98 Å². The third kappa shape index (κ3) is 4.48. The number of nitrogens with one attached hydrogen (secondary N) is 1. The molecule has 1 aliphatic heterocycles. The minimum Gasteiger partial charge on any atom is -0.349 e. The maximum Gasteiger partial charge on any atom is 0.194 e. The molecule has 118 valence electrons. The second kappa shape index (κ2) is 7.48. The van der Waals surface area contributed by atoms with E-state index in [2.05, 4.69) is 51.7 Å². The quantitative estimate of drug-likeness (QED) is 0.684. The van der Waals surface area contributed by atoms with Gasteiger partial charge in [0.05, 0.1) is 6.54 Å². The first-order chi connectivity index (χ1) is 10.1. The number of hydrogen-bond acceptors (Lipinski definition) is 2. The second-order valence-corrected chi connectivity index (χ2v) is 6.48. The highest BCUT2D eigenvalue weighted by Crippen LogP contribution is 2.15. The molecular weight excluding hydrogens is 262 g/mol. The highest BCUT2D eigenvalue weighted by atomic mass is 15.3. The van der Waals surface area contributed by atoms with Gasteiger partial charge >= 0.3 is 0 Å². The lowest BCUT2D eigenvalue weighted by atomic mass is 10.0. The second-order valence-electron chi connectivity index (χ2n) is 6.48. The van der Waals surface area contributed by atoms with E-state index >= 15 is 0 Å². The Bertz CT molecular complexity index is 463. The van der Waals surface area contributed by atoms with Gasteiger partial charge in [-0.3, -0.25) is 4.99 Å². The summed E-state index contributed by atoms with van der Waals surface area (Å²) in [7, 11) is 1.86. The Hall–Kier alpha value is -1.52. The summed E-state index contributed by atoms with van der Waals surface area (Å²) >= 11 is 0. The molecule has 1 aromatic rings. The van der Waals surface area contributed by atoms with Gasteiger partial charge in [-0.15, -0.1) is 0 Å². The van der Waals surface area contributed by atoms with Crippen LogP contribution in [-0.2, 0) is 13.1 Å². The molecule has 1 unspecified atom stereocenters. The summed E-state index contributed by atoms with van der Waals surface area (Å²) in [6.45, 7) is 10.7. The first-order valence-electron chi connectivity index (χ1n) is 8.05. The van der Waals surface area contributed by atoms with Crippen molar-refractivity contribution in [3.63, 3.8) is 0 Å². The number of aromatic nitrogens is 2. The van der Waals surface area contributed by atoms with Gasteiger partial charge in [0.25, 0.3) is 0 Å². The standard InChI is InChI=1S/C16H29N5/c1-13(2)11-20-9-7-18-15(20)10-19-16(17-4)21-8-5-6-14(3)12-21/h7,9,13-14H,5-6,8,10-12H2,1-4H3,(H,17,19). The lowest BCUT2D eigenvalue weighted by molar-refractivity contribution is 0.265. The molecule has 0 aliphatic carbocycles. The molecule has 1 saturated heterocycles. The van der Waals surface area contributed by atoms with Gasteiger partial charge < -0.3 is 14.8 Å². The third-order valence-electron chi connectivity index (χ3n) is 3.94. The molecule has 0 bridgehead atoms. The summed E-state index contributed by atoms with van der Waals surface area (Å²) in [5.74, 6) is 3.45. The van der Waals surface area contributed by atoms with Crippen molar-refractivity contribution in [2.45, 2.75) is 46.7 Å². The Balaban J connectivity index is 1.93. The molecule has 1 atom stereocenters. The van der Waals surface area contributed by atoms with Crippen LogP contribution in [-0.4, -0.2) is 40.5 Å². The van der Waals surface area contributed by atoms with E-state index in [1.807, 2.05) is 13.2 Å². The summed E-state index contributed by atoms with van der Waals surface area (Å²) in [5, 5.41) is 3.47. The van der Waals surface area contributed by atoms with E-state index in [1.165, 1.54) is 12.8 Å². The van der Waals surface area contributed by atoms with Crippen molar-refractivity contribution in [3.05, 3.63) is 18.2 Å². The summed E-state index contributed by atoms with van der Waals surface area (Å²) in [5.41, 5.74) is 0. The van der Waals surface area contributed by atoms with Crippen molar-refractivity contribution in [2.24, 2.45) is 16.8 Å². The predicted octanol–water partition coefficient (Wildman–Crippen LogP) is 2.35. The largest absolute Gasteiger partial charge is 0.349 e. The van der Waals surface area contributed by atoms with Crippen LogP contribution < -0.4 is 5.32 Å². The molecule has 0 saturated carbocycles. The predicted molar refractivity (Wildman–Crippen MR) is 87.2 cm³/mol. The summed E-state index contributed by atoms with van der Waals surface area (Å²) < 4.78 is 2.23. The molecule has 5 heteroatoms. The van der Waals surface area contributed by atoms with Crippen molar-refractivity contribution < 1.29 is 0 Å². The molecule has 0 spiro atoms. The van der Waals surface area contributed by atoms with Gasteiger partial charge in [-0.05, 0) is 24.7 Å². The molecule has 1 aromatic heterocycles. The number of nitrogens with zero attached hydrogens (tertiary/aromatic N) is 4. The Morgan fingerprint density at radius 2 is 2.33 bits per heavy atom. The zero-order chi connectivity index (χ0) is 15.2. The Morgan fingerprint density at radius 3 is 3.00 bits per heavy atom. The van der Waals surface area contributed by atoms with Gasteiger partial charge in [0.1, 0.15) is 5.82 Å². The van der Waals surface area contributed by atoms with Crippen LogP contribution in [0.3, 0.4) is 0 Å². The lowest BCUT2D eigenvalue weighted by Gasteiger charge is -2.33. The van der Waals surface area contributed by atoms with Crippen LogP contribution >= 0.6 is 0 Å². The van der Waals surface area contributed by atoms with E-state index in [0.29, 0.717) is 5.92 Å². The monoisotopic (exact) mass is 291 g/mol. The van der Waals surface area contributed by atoms with Gasteiger partial charge in [0.2, 0.25) is 0 Å². The van der Waals surface area contributed by atoms with Crippen molar-refractivity contribution in [1.29, 1.82) is 0 Å². The van der Waals surface area contributed by atoms with Crippen molar-refractivity contribution in [2.75, 3.05) is 20.1 Å². The molecule has 0 aromatic carbocycles. The van der Waals surface area contributed by atoms with Crippen molar-refractivity contribution >= 4 is 5.96 Å². The van der Waals surface area contributed by atoms with Crippen LogP contribution in [0.25, 0.3) is 0 Å². The van der Waals surface area contributed by atoms with E-state index < -0.39 is 0 Å². The number of guanidine groups is 1. The number of likely N-dealkylation sites (tertiary alicyclic amines) is 1. The molecule has 21 heavy (non-hydrogen) atoms. The molecule has 2 rings (SSSR count). The van der Waals surface area contributed by atoms with Crippen LogP contribution in [0, 0.1) is 11.8 Å². The van der Waals surface area contributed by atoms with E-state index in [9.17, 15) is 0 Å². The van der Waals surface area contributed by atoms with Crippen LogP contribution in [0.5, 0.6) is 0 Å².